The van der Waals surface area contributed by atoms with Gasteiger partial charge in [0.1, 0.15) is 6.07 Å². The lowest BCUT2D eigenvalue weighted by atomic mass is 10.0. The summed E-state index contributed by atoms with van der Waals surface area (Å²) in [7, 11) is 1.35. The quantitative estimate of drug-likeness (QED) is 0.600. The highest BCUT2D eigenvalue weighted by molar-refractivity contribution is 5.68. The Hall–Kier alpha value is -1.70. The molecule has 2 aliphatic rings. The van der Waals surface area contributed by atoms with Crippen molar-refractivity contribution in [3.63, 3.8) is 0 Å². The number of likely N-dealkylation sites (tertiary alicyclic amines) is 1. The fourth-order valence-electron chi connectivity index (χ4n) is 2.04. The molecule has 2 rings (SSSR count). The Bertz CT molecular complexity index is 345. The van der Waals surface area contributed by atoms with Gasteiger partial charge in [0.25, 0.3) is 0 Å². The number of amides is 1. The van der Waals surface area contributed by atoms with Crippen LogP contribution in [0.15, 0.2) is 11.8 Å². The van der Waals surface area contributed by atoms with Crippen LogP contribution in [0.4, 0.5) is 4.79 Å². The molecule has 0 saturated carbocycles. The van der Waals surface area contributed by atoms with Crippen molar-refractivity contribution in [1.82, 2.24) is 4.90 Å². The van der Waals surface area contributed by atoms with E-state index in [1.165, 1.54) is 12.0 Å². The minimum atomic E-state index is -0.387. The van der Waals surface area contributed by atoms with Gasteiger partial charge in [0.15, 0.2) is 12.0 Å². The lowest BCUT2D eigenvalue weighted by Gasteiger charge is -2.29. The summed E-state index contributed by atoms with van der Waals surface area (Å²) >= 11 is 0. The first-order valence-corrected chi connectivity index (χ1v) is 4.87. The van der Waals surface area contributed by atoms with Gasteiger partial charge in [-0.05, 0) is 18.9 Å². The molecule has 0 bridgehead atoms. The largest absolute Gasteiger partial charge is 0.460 e. The van der Waals surface area contributed by atoms with Gasteiger partial charge in [-0.2, -0.15) is 5.26 Å². The van der Waals surface area contributed by atoms with Crippen LogP contribution in [0.2, 0.25) is 0 Å². The van der Waals surface area contributed by atoms with Crippen molar-refractivity contribution >= 4 is 6.09 Å². The average molecular weight is 208 g/mol. The molecule has 2 atom stereocenters. The molecule has 0 unspecified atom stereocenters. The number of ether oxygens (including phenoxy) is 2. The molecule has 1 fully saturated rings. The van der Waals surface area contributed by atoms with E-state index >= 15 is 0 Å². The number of rotatable bonds is 0. The predicted octanol–water partition coefficient (Wildman–Crippen LogP) is 1.23. The van der Waals surface area contributed by atoms with Crippen molar-refractivity contribution in [3.05, 3.63) is 11.8 Å². The maximum absolute atomic E-state index is 11.4. The third-order valence-corrected chi connectivity index (χ3v) is 2.82. The summed E-state index contributed by atoms with van der Waals surface area (Å²) < 4.78 is 10.1. The van der Waals surface area contributed by atoms with Crippen molar-refractivity contribution in [2.75, 3.05) is 13.7 Å². The molecule has 0 spiro atoms. The van der Waals surface area contributed by atoms with E-state index in [4.69, 9.17) is 10.00 Å². The van der Waals surface area contributed by atoms with Gasteiger partial charge in [0, 0.05) is 12.5 Å². The molecule has 0 aliphatic carbocycles. The summed E-state index contributed by atoms with van der Waals surface area (Å²) in [6, 6.07) is 1.95. The molecule has 1 amide bonds. The molecule has 1 saturated heterocycles. The summed E-state index contributed by atoms with van der Waals surface area (Å²) in [4.78, 5) is 12.9. The fourth-order valence-corrected chi connectivity index (χ4v) is 2.04. The van der Waals surface area contributed by atoms with Crippen molar-refractivity contribution in [3.8, 4) is 6.07 Å². The first kappa shape index (κ1) is 9.84. The Labute approximate surface area is 87.9 Å². The molecule has 5 heteroatoms. The van der Waals surface area contributed by atoms with E-state index < -0.39 is 0 Å². The molecule has 2 heterocycles. The van der Waals surface area contributed by atoms with Gasteiger partial charge < -0.3 is 9.47 Å². The number of hydrogen-bond donors (Lipinski definition) is 0. The van der Waals surface area contributed by atoms with E-state index in [0.29, 0.717) is 18.2 Å². The van der Waals surface area contributed by atoms with Crippen molar-refractivity contribution in [1.29, 1.82) is 5.26 Å². The molecular formula is C10H12N2O3. The first-order valence-electron chi connectivity index (χ1n) is 4.87. The third-order valence-electron chi connectivity index (χ3n) is 2.82. The predicted molar refractivity (Wildman–Crippen MR) is 50.4 cm³/mol. The van der Waals surface area contributed by atoms with Crippen LogP contribution in [-0.2, 0) is 9.47 Å². The van der Waals surface area contributed by atoms with Crippen molar-refractivity contribution in [2.24, 2.45) is 5.92 Å². The number of allylic oxidation sites excluding steroid dienone is 2. The topological polar surface area (TPSA) is 62.6 Å². The number of carbonyl (C=O) groups excluding carboxylic acids is 1. The summed E-state index contributed by atoms with van der Waals surface area (Å²) in [5.41, 5.74) is 0. The number of nitrogens with zero attached hydrogens (tertiary/aromatic N) is 2. The maximum atomic E-state index is 11.4. The van der Waals surface area contributed by atoms with Crippen LogP contribution in [0.3, 0.4) is 0 Å². The zero-order valence-corrected chi connectivity index (χ0v) is 8.47. The van der Waals surface area contributed by atoms with E-state index in [0.717, 1.165) is 12.8 Å². The second-order valence-corrected chi connectivity index (χ2v) is 3.64. The molecule has 15 heavy (non-hydrogen) atoms. The van der Waals surface area contributed by atoms with E-state index in [1.807, 2.05) is 6.07 Å². The number of carbonyl (C=O) groups is 1. The lowest BCUT2D eigenvalue weighted by molar-refractivity contribution is -0.0190. The van der Waals surface area contributed by atoms with Crippen LogP contribution in [-0.4, -0.2) is 30.9 Å². The van der Waals surface area contributed by atoms with Gasteiger partial charge >= 0.3 is 6.09 Å². The Kier molecular flexibility index (Phi) is 2.50. The van der Waals surface area contributed by atoms with E-state index in [2.05, 4.69) is 4.74 Å². The Morgan fingerprint density at radius 2 is 2.60 bits per heavy atom. The van der Waals surface area contributed by atoms with Gasteiger partial charge in [-0.3, -0.25) is 4.90 Å². The number of nitriles is 1. The highest BCUT2D eigenvalue weighted by Gasteiger charge is 2.41. The molecule has 0 aromatic carbocycles. The standard InChI is InChI=1S/C10H12N2O3/c1-14-10(13)12-5-4-7-2-3-8(6-11)15-9(7)12/h3,7,9H,2,4-5H2,1H3/t7-,9+/m0/s1. The van der Waals surface area contributed by atoms with Gasteiger partial charge in [-0.25, -0.2) is 4.79 Å². The zero-order valence-electron chi connectivity index (χ0n) is 8.47. The molecule has 0 aromatic rings. The molecule has 80 valence electrons. The second kappa shape index (κ2) is 3.81. The van der Waals surface area contributed by atoms with Crippen LogP contribution in [0.5, 0.6) is 0 Å². The number of methoxy groups -OCH3 is 1. The summed E-state index contributed by atoms with van der Waals surface area (Å²) in [6.07, 6.45) is 2.76. The van der Waals surface area contributed by atoms with Crippen molar-refractivity contribution < 1.29 is 14.3 Å². The van der Waals surface area contributed by atoms with Gasteiger partial charge in [-0.15, -0.1) is 0 Å². The highest BCUT2D eigenvalue weighted by atomic mass is 16.6. The molecular weight excluding hydrogens is 196 g/mol. The number of fused-ring (bicyclic) bond motifs is 1. The van der Waals surface area contributed by atoms with Crippen LogP contribution in [0.1, 0.15) is 12.8 Å². The summed E-state index contributed by atoms with van der Waals surface area (Å²) in [5, 5.41) is 8.72. The van der Waals surface area contributed by atoms with Crippen molar-refractivity contribution in [2.45, 2.75) is 19.1 Å². The van der Waals surface area contributed by atoms with Gasteiger partial charge in [0.2, 0.25) is 0 Å². The maximum Gasteiger partial charge on any atom is 0.412 e. The third kappa shape index (κ3) is 1.63. The van der Waals surface area contributed by atoms with Crippen LogP contribution < -0.4 is 0 Å². The van der Waals surface area contributed by atoms with Crippen LogP contribution >= 0.6 is 0 Å². The van der Waals surface area contributed by atoms with E-state index in [-0.39, 0.29) is 12.3 Å². The molecule has 0 N–H and O–H groups in total. The van der Waals surface area contributed by atoms with Gasteiger partial charge in [0.05, 0.1) is 7.11 Å². The monoisotopic (exact) mass is 208 g/mol. The average Bonchev–Trinajstić information content (AvgIpc) is 2.70. The fraction of sp³-hybridized carbons (Fsp3) is 0.600. The van der Waals surface area contributed by atoms with E-state index in [9.17, 15) is 4.79 Å². The molecule has 2 aliphatic heterocycles. The number of hydrogen-bond acceptors (Lipinski definition) is 4. The lowest BCUT2D eigenvalue weighted by Crippen LogP contribution is -2.40. The smallest absolute Gasteiger partial charge is 0.412 e. The SMILES string of the molecule is COC(=O)N1CC[C@@H]2CC=C(C#N)O[C@H]21. The minimum Gasteiger partial charge on any atom is -0.460 e. The summed E-state index contributed by atoms with van der Waals surface area (Å²) in [5.74, 6) is 0.591. The summed E-state index contributed by atoms with van der Waals surface area (Å²) in [6.45, 7) is 0.633. The second-order valence-electron chi connectivity index (χ2n) is 3.64. The van der Waals surface area contributed by atoms with Crippen LogP contribution in [0, 0.1) is 17.2 Å². The minimum absolute atomic E-state index is 0.293. The van der Waals surface area contributed by atoms with Crippen LogP contribution in [0.25, 0.3) is 0 Å². The van der Waals surface area contributed by atoms with Gasteiger partial charge in [-0.1, -0.05) is 0 Å². The molecule has 5 nitrogen and oxygen atoms in total. The first-order chi connectivity index (χ1) is 7.26. The molecule has 0 radical (unpaired) electrons. The Morgan fingerprint density at radius 3 is 3.27 bits per heavy atom. The molecule has 0 aromatic heterocycles. The zero-order chi connectivity index (χ0) is 10.8. The Morgan fingerprint density at radius 1 is 1.80 bits per heavy atom. The Balaban J connectivity index is 2.12. The normalized spacial score (nSPS) is 28.5. The highest BCUT2D eigenvalue weighted by Crippen LogP contribution is 2.33. The van der Waals surface area contributed by atoms with E-state index in [1.54, 1.807) is 6.08 Å².